The number of halogens is 1. The van der Waals surface area contributed by atoms with Crippen molar-refractivity contribution in [1.82, 2.24) is 13.9 Å². The number of methoxy groups -OCH3 is 2. The Bertz CT molecular complexity index is 416. The van der Waals surface area contributed by atoms with Gasteiger partial charge >= 0.3 is 0 Å². The predicted molar refractivity (Wildman–Crippen MR) is 87.6 cm³/mol. The van der Waals surface area contributed by atoms with Crippen molar-refractivity contribution in [3.05, 3.63) is 0 Å². The van der Waals surface area contributed by atoms with E-state index in [1.54, 1.807) is 18.5 Å². The third kappa shape index (κ3) is 5.02. The van der Waals surface area contributed by atoms with Gasteiger partial charge in [-0.15, -0.1) is 12.4 Å². The molecule has 0 aliphatic carbocycles. The SMILES string of the molecule is COCCN(CCOC)S(=O)(=O)N1CCC2CCC(C1)N2.Cl. The minimum absolute atomic E-state index is 0. The van der Waals surface area contributed by atoms with Crippen LogP contribution in [0.3, 0.4) is 0 Å². The molecule has 22 heavy (non-hydrogen) atoms. The molecule has 0 aromatic heterocycles. The van der Waals surface area contributed by atoms with E-state index in [2.05, 4.69) is 5.32 Å². The number of ether oxygens (including phenoxy) is 2. The van der Waals surface area contributed by atoms with Crippen molar-refractivity contribution in [1.29, 1.82) is 0 Å². The molecule has 2 bridgehead atoms. The largest absolute Gasteiger partial charge is 0.383 e. The van der Waals surface area contributed by atoms with E-state index in [9.17, 15) is 8.42 Å². The maximum absolute atomic E-state index is 12.8. The molecule has 2 aliphatic heterocycles. The van der Waals surface area contributed by atoms with E-state index in [0.717, 1.165) is 19.3 Å². The van der Waals surface area contributed by atoms with Gasteiger partial charge in [-0.25, -0.2) is 0 Å². The van der Waals surface area contributed by atoms with Gasteiger partial charge in [-0.05, 0) is 19.3 Å². The molecule has 1 N–H and O–H groups in total. The fourth-order valence-electron chi connectivity index (χ4n) is 3.01. The van der Waals surface area contributed by atoms with Crippen LogP contribution < -0.4 is 5.32 Å². The number of rotatable bonds is 8. The molecular weight excluding hydrogens is 330 g/mol. The lowest BCUT2D eigenvalue weighted by Crippen LogP contribution is -2.49. The molecule has 9 heteroatoms. The van der Waals surface area contributed by atoms with Gasteiger partial charge in [0.2, 0.25) is 0 Å². The maximum atomic E-state index is 12.8. The van der Waals surface area contributed by atoms with Gasteiger partial charge in [-0.2, -0.15) is 17.0 Å². The smallest absolute Gasteiger partial charge is 0.282 e. The van der Waals surface area contributed by atoms with Gasteiger partial charge in [-0.3, -0.25) is 0 Å². The summed E-state index contributed by atoms with van der Waals surface area (Å²) in [5.41, 5.74) is 0. The van der Waals surface area contributed by atoms with Crippen LogP contribution in [0.25, 0.3) is 0 Å². The number of nitrogens with zero attached hydrogens (tertiary/aromatic N) is 2. The quantitative estimate of drug-likeness (QED) is 0.666. The number of hydrogen-bond acceptors (Lipinski definition) is 5. The summed E-state index contributed by atoms with van der Waals surface area (Å²) in [6.07, 6.45) is 3.11. The molecule has 0 aromatic rings. The van der Waals surface area contributed by atoms with E-state index in [4.69, 9.17) is 9.47 Å². The van der Waals surface area contributed by atoms with Crippen LogP contribution in [0.2, 0.25) is 0 Å². The highest BCUT2D eigenvalue weighted by molar-refractivity contribution is 7.86. The molecule has 2 unspecified atom stereocenters. The highest BCUT2D eigenvalue weighted by Gasteiger charge is 2.36. The van der Waals surface area contributed by atoms with E-state index < -0.39 is 10.2 Å². The van der Waals surface area contributed by atoms with Gasteiger partial charge in [0.05, 0.1) is 13.2 Å². The van der Waals surface area contributed by atoms with Crippen molar-refractivity contribution in [3.63, 3.8) is 0 Å². The first-order valence-corrected chi connectivity index (χ1v) is 8.96. The summed E-state index contributed by atoms with van der Waals surface area (Å²) in [6, 6.07) is 0.764. The first-order chi connectivity index (χ1) is 10.1. The first kappa shape index (κ1) is 20.1. The molecule has 2 saturated heterocycles. The lowest BCUT2D eigenvalue weighted by Gasteiger charge is -2.30. The summed E-state index contributed by atoms with van der Waals surface area (Å²) in [7, 11) is -0.289. The van der Waals surface area contributed by atoms with Gasteiger partial charge in [0.15, 0.2) is 0 Å². The van der Waals surface area contributed by atoms with Gasteiger partial charge < -0.3 is 14.8 Å². The number of hydrogen-bond donors (Lipinski definition) is 1. The van der Waals surface area contributed by atoms with Crippen LogP contribution in [0.15, 0.2) is 0 Å². The van der Waals surface area contributed by atoms with Crippen LogP contribution in [0, 0.1) is 0 Å². The minimum atomic E-state index is -3.45. The molecule has 7 nitrogen and oxygen atoms in total. The highest BCUT2D eigenvalue weighted by Crippen LogP contribution is 2.23. The van der Waals surface area contributed by atoms with Crippen molar-refractivity contribution in [2.75, 3.05) is 53.6 Å². The summed E-state index contributed by atoms with van der Waals surface area (Å²) in [4.78, 5) is 0. The van der Waals surface area contributed by atoms with Crippen LogP contribution >= 0.6 is 12.4 Å². The summed E-state index contributed by atoms with van der Waals surface area (Å²) in [5.74, 6) is 0. The normalized spacial score (nSPS) is 26.0. The van der Waals surface area contributed by atoms with Crippen molar-refractivity contribution in [2.24, 2.45) is 0 Å². The Balaban J connectivity index is 0.00000242. The molecule has 2 fully saturated rings. The first-order valence-electron chi connectivity index (χ1n) is 7.57. The Hall–Kier alpha value is 0.0400. The summed E-state index contributed by atoms with van der Waals surface area (Å²) >= 11 is 0. The monoisotopic (exact) mass is 357 g/mol. The Labute approximate surface area is 139 Å². The predicted octanol–water partition coefficient (Wildman–Crippen LogP) is 0.0741. The van der Waals surface area contributed by atoms with Crippen LogP contribution in [-0.2, 0) is 19.7 Å². The van der Waals surface area contributed by atoms with Gasteiger partial charge in [0.25, 0.3) is 10.2 Å². The molecule has 2 aliphatic rings. The third-order valence-corrected chi connectivity index (χ3v) is 6.23. The second-order valence-corrected chi connectivity index (χ2v) is 7.61. The fourth-order valence-corrected chi connectivity index (χ4v) is 4.65. The second-order valence-electron chi connectivity index (χ2n) is 5.68. The molecule has 2 atom stereocenters. The maximum Gasteiger partial charge on any atom is 0.282 e. The van der Waals surface area contributed by atoms with Crippen LogP contribution in [0.4, 0.5) is 0 Å². The van der Waals surface area contributed by atoms with Crippen LogP contribution in [0.1, 0.15) is 19.3 Å². The number of fused-ring (bicyclic) bond motifs is 2. The van der Waals surface area contributed by atoms with Crippen LogP contribution in [-0.4, -0.2) is 82.7 Å². The zero-order chi connectivity index (χ0) is 15.3. The Kier molecular flexibility index (Phi) is 8.55. The van der Waals surface area contributed by atoms with E-state index in [1.165, 1.54) is 4.31 Å². The lowest BCUT2D eigenvalue weighted by atomic mass is 10.1. The Morgan fingerprint density at radius 2 is 1.68 bits per heavy atom. The Morgan fingerprint density at radius 1 is 1.09 bits per heavy atom. The van der Waals surface area contributed by atoms with Crippen molar-refractivity contribution in [3.8, 4) is 0 Å². The molecule has 0 radical (unpaired) electrons. The molecule has 0 spiro atoms. The topological polar surface area (TPSA) is 71.1 Å². The summed E-state index contributed by atoms with van der Waals surface area (Å²) < 4.78 is 38.8. The summed E-state index contributed by atoms with van der Waals surface area (Å²) in [5, 5.41) is 3.51. The lowest BCUT2D eigenvalue weighted by molar-refractivity contribution is 0.146. The Morgan fingerprint density at radius 3 is 2.27 bits per heavy atom. The van der Waals surface area contributed by atoms with Gasteiger partial charge in [0.1, 0.15) is 0 Å². The van der Waals surface area contributed by atoms with Crippen molar-refractivity contribution < 1.29 is 17.9 Å². The van der Waals surface area contributed by atoms with E-state index >= 15 is 0 Å². The third-order valence-electron chi connectivity index (χ3n) is 4.23. The van der Waals surface area contributed by atoms with E-state index in [-0.39, 0.29) is 12.4 Å². The average molecular weight is 358 g/mol. The van der Waals surface area contributed by atoms with E-state index in [1.807, 2.05) is 0 Å². The zero-order valence-corrected chi connectivity index (χ0v) is 15.0. The second kappa shape index (κ2) is 9.36. The zero-order valence-electron chi connectivity index (χ0n) is 13.4. The molecular formula is C13H28ClN3O4S. The fraction of sp³-hybridized carbons (Fsp3) is 1.00. The summed E-state index contributed by atoms with van der Waals surface area (Å²) in [6.45, 7) is 2.66. The minimum Gasteiger partial charge on any atom is -0.383 e. The van der Waals surface area contributed by atoms with E-state index in [0.29, 0.717) is 51.5 Å². The standard InChI is InChI=1S/C13H27N3O4S.ClH/c1-19-9-7-15(8-10-20-2)21(17,18)16-6-5-12-3-4-13(11-16)14-12;/h12-14H,3-11H2,1-2H3;1H. The molecule has 2 heterocycles. The molecule has 0 amide bonds. The average Bonchev–Trinajstić information content (AvgIpc) is 2.77. The van der Waals surface area contributed by atoms with Gasteiger partial charge in [-0.1, -0.05) is 0 Å². The molecule has 2 rings (SSSR count). The molecule has 0 aromatic carbocycles. The number of nitrogens with one attached hydrogen (secondary N) is 1. The van der Waals surface area contributed by atoms with Crippen molar-refractivity contribution in [2.45, 2.75) is 31.3 Å². The molecule has 0 saturated carbocycles. The highest BCUT2D eigenvalue weighted by atomic mass is 35.5. The van der Waals surface area contributed by atoms with Crippen molar-refractivity contribution >= 4 is 22.6 Å². The van der Waals surface area contributed by atoms with Crippen LogP contribution in [0.5, 0.6) is 0 Å². The molecule has 132 valence electrons. The van der Waals surface area contributed by atoms with Gasteiger partial charge in [0, 0.05) is 52.5 Å².